The van der Waals surface area contributed by atoms with Crippen molar-refractivity contribution < 1.29 is 9.53 Å². The monoisotopic (exact) mass is 500 g/mol. The molecule has 1 aliphatic heterocycles. The highest BCUT2D eigenvalue weighted by atomic mass is 16.5. The first kappa shape index (κ1) is 27.2. The molecule has 1 aliphatic rings. The molecule has 0 unspecified atom stereocenters. The molecule has 0 amide bonds. The second kappa shape index (κ2) is 14.8. The van der Waals surface area contributed by atoms with Crippen LogP contribution in [0.4, 0.5) is 0 Å². The molecule has 2 heterocycles. The lowest BCUT2D eigenvalue weighted by Crippen LogP contribution is -2.29. The predicted molar refractivity (Wildman–Crippen MR) is 155 cm³/mol. The first-order valence-electron chi connectivity index (χ1n) is 14.5. The summed E-state index contributed by atoms with van der Waals surface area (Å²) < 4.78 is 5.67. The van der Waals surface area contributed by atoms with Crippen LogP contribution in [0.5, 0.6) is 5.75 Å². The number of carbonyl (C=O) groups excluding carboxylic acids is 1. The summed E-state index contributed by atoms with van der Waals surface area (Å²) >= 11 is 0. The second-order valence-corrected chi connectivity index (χ2v) is 10.5. The Bertz CT molecular complexity index is 1130. The summed E-state index contributed by atoms with van der Waals surface area (Å²) in [5.41, 5.74) is 5.26. The van der Waals surface area contributed by atoms with Crippen LogP contribution in [0.2, 0.25) is 0 Å². The van der Waals surface area contributed by atoms with E-state index in [1.54, 1.807) is 0 Å². The molecular formula is C33H44N2O2. The maximum absolute atomic E-state index is 12.3. The first-order valence-corrected chi connectivity index (χ1v) is 14.5. The van der Waals surface area contributed by atoms with Crippen molar-refractivity contribution in [2.24, 2.45) is 0 Å². The van der Waals surface area contributed by atoms with Crippen LogP contribution in [0, 0.1) is 0 Å². The highest BCUT2D eigenvalue weighted by Crippen LogP contribution is 2.26. The van der Waals surface area contributed by atoms with Gasteiger partial charge in [-0.05, 0) is 73.5 Å². The minimum Gasteiger partial charge on any atom is -0.427 e. The largest absolute Gasteiger partial charge is 0.427 e. The standard InChI is InChI=1S/C33H44N2O2/c1-2-3-4-5-6-7-11-17-33(36)37-30-18-19-32-31(25-30)29(26-34-32)16-12-13-22-35-23-20-28(21-24-35)27-14-9-8-10-15-27/h8-10,14-15,18-20,25-26,34H,2-7,11-13,16-17,21-24H2,1H3. The van der Waals surface area contributed by atoms with E-state index in [0.29, 0.717) is 12.2 Å². The minimum absolute atomic E-state index is 0.115. The third kappa shape index (κ3) is 8.60. The molecule has 4 nitrogen and oxygen atoms in total. The molecule has 0 fully saturated rings. The van der Waals surface area contributed by atoms with Crippen LogP contribution in [0.25, 0.3) is 16.5 Å². The van der Waals surface area contributed by atoms with Gasteiger partial charge in [-0.25, -0.2) is 0 Å². The summed E-state index contributed by atoms with van der Waals surface area (Å²) in [4.78, 5) is 18.3. The maximum atomic E-state index is 12.3. The lowest BCUT2D eigenvalue weighted by Gasteiger charge is -2.26. The minimum atomic E-state index is -0.115. The van der Waals surface area contributed by atoms with Crippen LogP contribution in [0.15, 0.2) is 60.8 Å². The van der Waals surface area contributed by atoms with Crippen LogP contribution in [-0.4, -0.2) is 35.5 Å². The number of hydrogen-bond donors (Lipinski definition) is 1. The number of nitrogens with zero attached hydrogens (tertiary/aromatic N) is 1. The van der Waals surface area contributed by atoms with Gasteiger partial charge in [-0.2, -0.15) is 0 Å². The number of H-pyrrole nitrogens is 1. The summed E-state index contributed by atoms with van der Waals surface area (Å²) in [7, 11) is 0. The number of aryl methyl sites for hydroxylation is 1. The normalized spacial score (nSPS) is 14.1. The Morgan fingerprint density at radius 1 is 0.946 bits per heavy atom. The Morgan fingerprint density at radius 3 is 2.54 bits per heavy atom. The quantitative estimate of drug-likeness (QED) is 0.130. The molecule has 198 valence electrons. The zero-order chi connectivity index (χ0) is 25.7. The number of aromatic amines is 1. The van der Waals surface area contributed by atoms with Crippen molar-refractivity contribution in [1.29, 1.82) is 0 Å². The van der Waals surface area contributed by atoms with E-state index in [4.69, 9.17) is 4.74 Å². The van der Waals surface area contributed by atoms with E-state index in [2.05, 4.69) is 59.4 Å². The van der Waals surface area contributed by atoms with Crippen molar-refractivity contribution in [2.75, 3.05) is 19.6 Å². The van der Waals surface area contributed by atoms with Crippen molar-refractivity contribution in [3.05, 3.63) is 71.9 Å². The molecule has 4 heteroatoms. The smallest absolute Gasteiger partial charge is 0.311 e. The Hall–Kier alpha value is -2.85. The fraction of sp³-hybridized carbons (Fsp3) is 0.485. The van der Waals surface area contributed by atoms with Gasteiger partial charge in [0.15, 0.2) is 0 Å². The van der Waals surface area contributed by atoms with E-state index in [0.717, 1.165) is 57.3 Å². The van der Waals surface area contributed by atoms with Crippen molar-refractivity contribution in [3.8, 4) is 5.75 Å². The van der Waals surface area contributed by atoms with Gasteiger partial charge in [-0.15, -0.1) is 0 Å². The third-order valence-corrected chi connectivity index (χ3v) is 7.56. The highest BCUT2D eigenvalue weighted by molar-refractivity contribution is 5.85. The van der Waals surface area contributed by atoms with E-state index >= 15 is 0 Å². The summed E-state index contributed by atoms with van der Waals surface area (Å²) in [5.74, 6) is 0.548. The summed E-state index contributed by atoms with van der Waals surface area (Å²) in [6.07, 6.45) is 18.0. The van der Waals surface area contributed by atoms with Crippen molar-refractivity contribution in [2.45, 2.75) is 84.0 Å². The van der Waals surface area contributed by atoms with E-state index < -0.39 is 0 Å². The van der Waals surface area contributed by atoms with E-state index in [1.165, 1.54) is 60.6 Å². The van der Waals surface area contributed by atoms with Gasteiger partial charge in [-0.1, -0.05) is 81.9 Å². The van der Waals surface area contributed by atoms with E-state index in [-0.39, 0.29) is 5.97 Å². The molecule has 0 radical (unpaired) electrons. The molecule has 4 rings (SSSR count). The average molecular weight is 501 g/mol. The van der Waals surface area contributed by atoms with Crippen molar-refractivity contribution >= 4 is 22.4 Å². The Labute approximate surface area is 223 Å². The number of unbranched alkanes of at least 4 members (excludes halogenated alkanes) is 7. The molecule has 1 N–H and O–H groups in total. The van der Waals surface area contributed by atoms with Gasteiger partial charge in [0.05, 0.1) is 0 Å². The number of benzene rings is 2. The Balaban J connectivity index is 1.17. The van der Waals surface area contributed by atoms with Gasteiger partial charge in [0.1, 0.15) is 5.75 Å². The van der Waals surface area contributed by atoms with Gasteiger partial charge in [0.25, 0.3) is 0 Å². The molecule has 0 spiro atoms. The summed E-state index contributed by atoms with van der Waals surface area (Å²) in [5, 5.41) is 1.18. The summed E-state index contributed by atoms with van der Waals surface area (Å²) in [6, 6.07) is 16.7. The molecule has 0 saturated carbocycles. The molecule has 3 aromatic rings. The van der Waals surface area contributed by atoms with Gasteiger partial charge >= 0.3 is 5.97 Å². The number of ether oxygens (including phenoxy) is 1. The lowest BCUT2D eigenvalue weighted by molar-refractivity contribution is -0.134. The number of esters is 1. The number of rotatable bonds is 15. The maximum Gasteiger partial charge on any atom is 0.311 e. The second-order valence-electron chi connectivity index (χ2n) is 10.5. The molecule has 37 heavy (non-hydrogen) atoms. The highest BCUT2D eigenvalue weighted by Gasteiger charge is 2.13. The van der Waals surface area contributed by atoms with Gasteiger partial charge in [0, 0.05) is 36.6 Å². The molecule has 1 aromatic heterocycles. The molecule has 0 aliphatic carbocycles. The molecular weight excluding hydrogens is 456 g/mol. The number of nitrogens with one attached hydrogen (secondary N) is 1. The fourth-order valence-corrected chi connectivity index (χ4v) is 5.32. The van der Waals surface area contributed by atoms with Gasteiger partial charge < -0.3 is 9.72 Å². The molecule has 0 atom stereocenters. The summed E-state index contributed by atoms with van der Waals surface area (Å²) in [6.45, 7) is 5.56. The van der Waals surface area contributed by atoms with Crippen molar-refractivity contribution in [1.82, 2.24) is 9.88 Å². The van der Waals surface area contributed by atoms with Gasteiger partial charge in [-0.3, -0.25) is 9.69 Å². The molecule has 0 saturated heterocycles. The van der Waals surface area contributed by atoms with Crippen LogP contribution < -0.4 is 4.74 Å². The Kier molecular flexibility index (Phi) is 10.9. The predicted octanol–water partition coefficient (Wildman–Crippen LogP) is 8.33. The number of fused-ring (bicyclic) bond motifs is 1. The molecule has 0 bridgehead atoms. The number of hydrogen-bond acceptors (Lipinski definition) is 3. The third-order valence-electron chi connectivity index (χ3n) is 7.56. The van der Waals surface area contributed by atoms with Crippen molar-refractivity contribution in [3.63, 3.8) is 0 Å². The zero-order valence-electron chi connectivity index (χ0n) is 22.6. The first-order chi connectivity index (χ1) is 18.2. The van der Waals surface area contributed by atoms with Gasteiger partial charge in [0.2, 0.25) is 0 Å². The average Bonchev–Trinajstić information content (AvgIpc) is 3.33. The molecule has 2 aromatic carbocycles. The van der Waals surface area contributed by atoms with Crippen LogP contribution >= 0.6 is 0 Å². The number of aromatic nitrogens is 1. The SMILES string of the molecule is CCCCCCCCCC(=O)Oc1ccc2[nH]cc(CCCCN3CC=C(c4ccccc4)CC3)c2c1. The lowest BCUT2D eigenvalue weighted by atomic mass is 9.99. The topological polar surface area (TPSA) is 45.3 Å². The van der Waals surface area contributed by atoms with Crippen LogP contribution in [-0.2, 0) is 11.2 Å². The van der Waals surface area contributed by atoms with Crippen LogP contribution in [0.1, 0.15) is 88.7 Å². The Morgan fingerprint density at radius 2 is 1.76 bits per heavy atom. The number of carbonyl (C=O) groups is 1. The fourth-order valence-electron chi connectivity index (χ4n) is 5.32. The van der Waals surface area contributed by atoms with E-state index in [9.17, 15) is 4.79 Å². The van der Waals surface area contributed by atoms with Crippen LogP contribution in [0.3, 0.4) is 0 Å². The van der Waals surface area contributed by atoms with E-state index in [1.807, 2.05) is 18.2 Å². The zero-order valence-corrected chi connectivity index (χ0v) is 22.6.